The predicted octanol–water partition coefficient (Wildman–Crippen LogP) is 3.39. The molecule has 5 rings (SSSR count). The Balaban J connectivity index is 1.50. The highest BCUT2D eigenvalue weighted by molar-refractivity contribution is 5.95. The van der Waals surface area contributed by atoms with Gasteiger partial charge in [0.05, 0.1) is 24.8 Å². The Labute approximate surface area is 196 Å². The van der Waals surface area contributed by atoms with E-state index in [0.29, 0.717) is 6.20 Å². The molecule has 9 nitrogen and oxygen atoms in total. The number of hydrogen-bond donors (Lipinski definition) is 0. The quantitative estimate of drug-likeness (QED) is 0.491. The lowest BCUT2D eigenvalue weighted by molar-refractivity contribution is -0.274. The molecule has 0 radical (unpaired) electrons. The third kappa shape index (κ3) is 4.20. The summed E-state index contributed by atoms with van der Waals surface area (Å²) in [5.74, 6) is -3.13. The molecule has 16 heteroatoms. The number of ether oxygens (including phenoxy) is 2. The van der Waals surface area contributed by atoms with Crippen LogP contribution in [-0.2, 0) is 17.5 Å². The van der Waals surface area contributed by atoms with E-state index in [1.54, 1.807) is 0 Å². The molecular weight excluding hydrogens is 505 g/mol. The fourth-order valence-corrected chi connectivity index (χ4v) is 4.20. The summed E-state index contributed by atoms with van der Waals surface area (Å²) in [7, 11) is 0. The van der Waals surface area contributed by atoms with Crippen LogP contribution < -0.4 is 4.74 Å². The van der Waals surface area contributed by atoms with Gasteiger partial charge in [-0.05, 0) is 12.1 Å². The van der Waals surface area contributed by atoms with Gasteiger partial charge in [-0.15, -0.1) is 23.4 Å². The SMILES string of the molecule is O=C(c1ccnc(C(F)(F)F)c1F)N1[C@@H]2COC[C@@H]1c1nnc(-c3cc(OC(F)(F)F)ccn3)n1C2. The minimum Gasteiger partial charge on any atom is -0.406 e. The number of rotatable bonds is 3. The lowest BCUT2D eigenvalue weighted by Gasteiger charge is -2.45. The molecule has 1 fully saturated rings. The first-order valence-corrected chi connectivity index (χ1v) is 10.2. The molecule has 0 unspecified atom stereocenters. The summed E-state index contributed by atoms with van der Waals surface area (Å²) in [6, 6.07) is 1.15. The molecule has 0 aliphatic carbocycles. The molecule has 2 bridgehead atoms. The highest BCUT2D eigenvalue weighted by atomic mass is 19.4. The summed E-state index contributed by atoms with van der Waals surface area (Å²) in [4.78, 5) is 21.4. The molecule has 0 N–H and O–H groups in total. The second-order valence-corrected chi connectivity index (χ2v) is 7.86. The first kappa shape index (κ1) is 23.9. The number of amides is 1. The van der Waals surface area contributed by atoms with Crippen LogP contribution in [0.4, 0.5) is 30.7 Å². The van der Waals surface area contributed by atoms with Crippen molar-refractivity contribution in [3.8, 4) is 17.3 Å². The van der Waals surface area contributed by atoms with Crippen LogP contribution in [0.15, 0.2) is 30.6 Å². The molecule has 190 valence electrons. The molecule has 1 saturated heterocycles. The zero-order valence-electron chi connectivity index (χ0n) is 17.7. The summed E-state index contributed by atoms with van der Waals surface area (Å²) in [5, 5.41) is 8.00. The Hall–Kier alpha value is -3.82. The van der Waals surface area contributed by atoms with Gasteiger partial charge in [0, 0.05) is 25.0 Å². The first-order chi connectivity index (χ1) is 16.9. The Morgan fingerprint density at radius 3 is 2.53 bits per heavy atom. The Morgan fingerprint density at radius 2 is 1.81 bits per heavy atom. The maximum Gasteiger partial charge on any atom is 0.573 e. The summed E-state index contributed by atoms with van der Waals surface area (Å²) in [6.45, 7) is -0.197. The Kier molecular flexibility index (Phi) is 5.57. The predicted molar refractivity (Wildman–Crippen MR) is 103 cm³/mol. The molecule has 3 aromatic rings. The molecule has 36 heavy (non-hydrogen) atoms. The van der Waals surface area contributed by atoms with Gasteiger partial charge in [-0.1, -0.05) is 0 Å². The van der Waals surface area contributed by atoms with Gasteiger partial charge in [-0.3, -0.25) is 9.78 Å². The van der Waals surface area contributed by atoms with E-state index < -0.39 is 53.4 Å². The maximum absolute atomic E-state index is 14.6. The molecule has 2 aliphatic rings. The minimum atomic E-state index is -5.10. The molecule has 0 spiro atoms. The number of alkyl halides is 6. The van der Waals surface area contributed by atoms with Crippen molar-refractivity contribution in [2.24, 2.45) is 0 Å². The van der Waals surface area contributed by atoms with Gasteiger partial charge in [-0.2, -0.15) is 13.2 Å². The van der Waals surface area contributed by atoms with Crippen LogP contribution in [0.2, 0.25) is 0 Å². The normalized spacial score (nSPS) is 19.7. The number of nitrogens with zero attached hydrogens (tertiary/aromatic N) is 6. The second kappa shape index (κ2) is 8.39. The lowest BCUT2D eigenvalue weighted by atomic mass is 10.0. The highest BCUT2D eigenvalue weighted by Crippen LogP contribution is 2.37. The standard InChI is InChI=1S/C20H13F7N6O3/c21-14-11(2-4-29-15(14)19(22,23)24)18(34)33-9-6-32-16(30-31-17(32)13(33)8-35-7-9)12-5-10(1-3-28-12)36-20(25,26)27/h1-5,9,13H,6-8H2/t9-,13+/m0/s1. The van der Waals surface area contributed by atoms with Crippen molar-refractivity contribution < 1.29 is 45.0 Å². The van der Waals surface area contributed by atoms with Gasteiger partial charge in [0.25, 0.3) is 5.91 Å². The van der Waals surface area contributed by atoms with Crippen LogP contribution in [0.5, 0.6) is 5.75 Å². The van der Waals surface area contributed by atoms with Gasteiger partial charge in [0.15, 0.2) is 23.2 Å². The summed E-state index contributed by atoms with van der Waals surface area (Å²) in [6.07, 6.45) is -8.25. The van der Waals surface area contributed by atoms with E-state index in [9.17, 15) is 35.5 Å². The van der Waals surface area contributed by atoms with E-state index in [1.807, 2.05) is 0 Å². The van der Waals surface area contributed by atoms with E-state index >= 15 is 0 Å². The summed E-state index contributed by atoms with van der Waals surface area (Å²) in [5.41, 5.74) is -2.63. The first-order valence-electron chi connectivity index (χ1n) is 10.2. The molecular formula is C20H13F7N6O3. The average molecular weight is 518 g/mol. The van der Waals surface area contributed by atoms with Crippen molar-refractivity contribution in [2.45, 2.75) is 31.2 Å². The van der Waals surface area contributed by atoms with E-state index in [1.165, 1.54) is 9.47 Å². The molecule has 0 aromatic carbocycles. The number of fused-ring (bicyclic) bond motifs is 4. The fraction of sp³-hybridized carbons (Fsp3) is 0.350. The van der Waals surface area contributed by atoms with Gasteiger partial charge in [0.2, 0.25) is 0 Å². The van der Waals surface area contributed by atoms with E-state index in [0.717, 1.165) is 24.4 Å². The van der Waals surface area contributed by atoms with Crippen LogP contribution in [0.3, 0.4) is 0 Å². The van der Waals surface area contributed by atoms with Crippen LogP contribution >= 0.6 is 0 Å². The molecule has 2 atom stereocenters. The average Bonchev–Trinajstić information content (AvgIpc) is 3.20. The van der Waals surface area contributed by atoms with Crippen molar-refractivity contribution in [1.29, 1.82) is 0 Å². The van der Waals surface area contributed by atoms with E-state index in [-0.39, 0.29) is 37.1 Å². The van der Waals surface area contributed by atoms with Crippen LogP contribution in [0, 0.1) is 5.82 Å². The van der Waals surface area contributed by atoms with Gasteiger partial charge in [-0.25, -0.2) is 9.37 Å². The van der Waals surface area contributed by atoms with Gasteiger partial charge >= 0.3 is 12.5 Å². The number of halogens is 7. The molecule has 0 saturated carbocycles. The number of carbonyl (C=O) groups is 1. The van der Waals surface area contributed by atoms with Crippen molar-refractivity contribution in [1.82, 2.24) is 29.6 Å². The number of hydrogen-bond acceptors (Lipinski definition) is 7. The second-order valence-electron chi connectivity index (χ2n) is 7.86. The molecule has 3 aromatic heterocycles. The van der Waals surface area contributed by atoms with Crippen molar-refractivity contribution in [3.63, 3.8) is 0 Å². The van der Waals surface area contributed by atoms with Crippen molar-refractivity contribution >= 4 is 5.91 Å². The van der Waals surface area contributed by atoms with Crippen LogP contribution in [-0.4, -0.2) is 61.2 Å². The number of aromatic nitrogens is 5. The van der Waals surface area contributed by atoms with Crippen LogP contribution in [0.1, 0.15) is 27.9 Å². The molecule has 5 heterocycles. The fourth-order valence-electron chi connectivity index (χ4n) is 4.20. The summed E-state index contributed by atoms with van der Waals surface area (Å²) >= 11 is 0. The largest absolute Gasteiger partial charge is 0.573 e. The third-order valence-corrected chi connectivity index (χ3v) is 5.60. The smallest absolute Gasteiger partial charge is 0.406 e. The zero-order valence-corrected chi connectivity index (χ0v) is 17.7. The lowest BCUT2D eigenvalue weighted by Crippen LogP contribution is -2.56. The Morgan fingerprint density at radius 1 is 1.06 bits per heavy atom. The van der Waals surface area contributed by atoms with E-state index in [2.05, 4.69) is 24.9 Å². The van der Waals surface area contributed by atoms with Gasteiger partial charge < -0.3 is 18.9 Å². The van der Waals surface area contributed by atoms with Crippen molar-refractivity contribution in [2.75, 3.05) is 13.2 Å². The topological polar surface area (TPSA) is 95.3 Å². The van der Waals surface area contributed by atoms with Crippen LogP contribution in [0.25, 0.3) is 11.5 Å². The number of pyridine rings is 2. The monoisotopic (exact) mass is 518 g/mol. The maximum atomic E-state index is 14.6. The highest BCUT2D eigenvalue weighted by Gasteiger charge is 2.46. The minimum absolute atomic E-state index is 0.00395. The van der Waals surface area contributed by atoms with Gasteiger partial charge in [0.1, 0.15) is 17.5 Å². The van der Waals surface area contributed by atoms with E-state index in [4.69, 9.17) is 4.74 Å². The third-order valence-electron chi connectivity index (χ3n) is 5.60. The zero-order chi connectivity index (χ0) is 25.8. The Bertz CT molecular complexity index is 1330. The number of carbonyl (C=O) groups excluding carboxylic acids is 1. The molecule has 2 aliphatic heterocycles. The molecule has 1 amide bonds. The van der Waals surface area contributed by atoms with Crippen molar-refractivity contribution in [3.05, 3.63) is 53.5 Å². The summed E-state index contributed by atoms with van der Waals surface area (Å²) < 4.78 is 103. The number of morpholine rings is 1.